The Bertz CT molecular complexity index is 363. The van der Waals surface area contributed by atoms with Gasteiger partial charge in [-0.2, -0.15) is 0 Å². The standard InChI is InChI=1S/C16H25NO/c1-3-16(18,4-2)12-17-11-13-5-7-14(8-6-13)15-9-10-15/h5-8,15,17-18H,3-4,9-12H2,1-2H3. The predicted molar refractivity (Wildman–Crippen MR) is 75.7 cm³/mol. The smallest absolute Gasteiger partial charge is 0.0766 e. The molecule has 0 bridgehead atoms. The summed E-state index contributed by atoms with van der Waals surface area (Å²) in [6.45, 7) is 5.59. The highest BCUT2D eigenvalue weighted by Gasteiger charge is 2.23. The normalized spacial score (nSPS) is 15.9. The molecule has 2 nitrogen and oxygen atoms in total. The molecule has 0 radical (unpaired) electrons. The first-order chi connectivity index (χ1) is 8.67. The summed E-state index contributed by atoms with van der Waals surface area (Å²) in [4.78, 5) is 0. The topological polar surface area (TPSA) is 32.3 Å². The zero-order valence-corrected chi connectivity index (χ0v) is 11.6. The van der Waals surface area contributed by atoms with Crippen LogP contribution in [0.1, 0.15) is 56.6 Å². The molecule has 0 aromatic heterocycles. The van der Waals surface area contributed by atoms with Crippen molar-refractivity contribution in [1.29, 1.82) is 0 Å². The maximum absolute atomic E-state index is 10.2. The minimum absolute atomic E-state index is 0.548. The first-order valence-corrected chi connectivity index (χ1v) is 7.19. The minimum atomic E-state index is -0.548. The van der Waals surface area contributed by atoms with E-state index in [0.717, 1.165) is 25.3 Å². The molecule has 1 aromatic carbocycles. The molecule has 0 unspecified atom stereocenters. The maximum atomic E-state index is 10.2. The second-order valence-electron chi connectivity index (χ2n) is 5.55. The van der Waals surface area contributed by atoms with E-state index in [1.54, 1.807) is 0 Å². The van der Waals surface area contributed by atoms with Gasteiger partial charge in [-0.1, -0.05) is 38.1 Å². The second kappa shape index (κ2) is 5.85. The number of hydrogen-bond donors (Lipinski definition) is 2. The molecular weight excluding hydrogens is 222 g/mol. The van der Waals surface area contributed by atoms with E-state index in [4.69, 9.17) is 0 Å². The number of aliphatic hydroxyl groups is 1. The number of nitrogens with one attached hydrogen (secondary N) is 1. The van der Waals surface area contributed by atoms with E-state index in [1.807, 2.05) is 13.8 Å². The summed E-state index contributed by atoms with van der Waals surface area (Å²) < 4.78 is 0. The van der Waals surface area contributed by atoms with Gasteiger partial charge in [-0.15, -0.1) is 0 Å². The average Bonchev–Trinajstić information content (AvgIpc) is 3.24. The zero-order chi connectivity index (χ0) is 13.0. The molecule has 18 heavy (non-hydrogen) atoms. The molecule has 100 valence electrons. The van der Waals surface area contributed by atoms with Gasteiger partial charge in [0.05, 0.1) is 5.60 Å². The molecule has 1 aliphatic carbocycles. The molecule has 2 rings (SSSR count). The summed E-state index contributed by atoms with van der Waals surface area (Å²) in [6.07, 6.45) is 4.32. The van der Waals surface area contributed by atoms with Gasteiger partial charge >= 0.3 is 0 Å². The molecule has 0 saturated heterocycles. The lowest BCUT2D eigenvalue weighted by atomic mass is 9.97. The van der Waals surface area contributed by atoms with Crippen molar-refractivity contribution in [3.63, 3.8) is 0 Å². The van der Waals surface area contributed by atoms with Gasteiger partial charge in [0.1, 0.15) is 0 Å². The third-order valence-electron chi connectivity index (χ3n) is 4.13. The van der Waals surface area contributed by atoms with Gasteiger partial charge in [0.15, 0.2) is 0 Å². The Morgan fingerprint density at radius 3 is 2.28 bits per heavy atom. The van der Waals surface area contributed by atoms with E-state index in [-0.39, 0.29) is 0 Å². The van der Waals surface area contributed by atoms with Crippen LogP contribution in [0.25, 0.3) is 0 Å². The lowest BCUT2D eigenvalue weighted by molar-refractivity contribution is 0.0323. The van der Waals surface area contributed by atoms with E-state index in [9.17, 15) is 5.11 Å². The van der Waals surface area contributed by atoms with Crippen molar-refractivity contribution in [3.8, 4) is 0 Å². The van der Waals surface area contributed by atoms with Crippen LogP contribution in [0.5, 0.6) is 0 Å². The first kappa shape index (κ1) is 13.6. The van der Waals surface area contributed by atoms with Crippen LogP contribution in [0.15, 0.2) is 24.3 Å². The highest BCUT2D eigenvalue weighted by molar-refractivity contribution is 5.27. The summed E-state index contributed by atoms with van der Waals surface area (Å²) in [5, 5.41) is 13.5. The molecule has 1 fully saturated rings. The van der Waals surface area contributed by atoms with Crippen molar-refractivity contribution < 1.29 is 5.11 Å². The highest BCUT2D eigenvalue weighted by Crippen LogP contribution is 2.39. The Morgan fingerprint density at radius 2 is 1.78 bits per heavy atom. The van der Waals surface area contributed by atoms with Crippen LogP contribution in [0.2, 0.25) is 0 Å². The minimum Gasteiger partial charge on any atom is -0.389 e. The molecule has 0 heterocycles. The zero-order valence-electron chi connectivity index (χ0n) is 11.6. The largest absolute Gasteiger partial charge is 0.389 e. The summed E-state index contributed by atoms with van der Waals surface area (Å²) in [7, 11) is 0. The second-order valence-corrected chi connectivity index (χ2v) is 5.55. The Kier molecular flexibility index (Phi) is 4.41. The Hall–Kier alpha value is -0.860. The molecule has 1 saturated carbocycles. The van der Waals surface area contributed by atoms with E-state index >= 15 is 0 Å². The molecule has 0 aliphatic heterocycles. The molecule has 0 amide bonds. The predicted octanol–water partition coefficient (Wildman–Crippen LogP) is 3.20. The van der Waals surface area contributed by atoms with E-state index in [2.05, 4.69) is 29.6 Å². The highest BCUT2D eigenvalue weighted by atomic mass is 16.3. The van der Waals surface area contributed by atoms with Crippen LogP contribution in [0, 0.1) is 0 Å². The van der Waals surface area contributed by atoms with Crippen molar-refractivity contribution in [2.45, 2.75) is 57.6 Å². The van der Waals surface area contributed by atoms with Gasteiger partial charge in [-0.25, -0.2) is 0 Å². The van der Waals surface area contributed by atoms with Crippen LogP contribution < -0.4 is 5.32 Å². The summed E-state index contributed by atoms with van der Waals surface area (Å²) >= 11 is 0. The molecule has 2 N–H and O–H groups in total. The molecule has 0 atom stereocenters. The number of hydrogen-bond acceptors (Lipinski definition) is 2. The average molecular weight is 247 g/mol. The summed E-state index contributed by atoms with van der Waals surface area (Å²) in [5.41, 5.74) is 2.24. The van der Waals surface area contributed by atoms with Crippen molar-refractivity contribution in [1.82, 2.24) is 5.32 Å². The fourth-order valence-corrected chi connectivity index (χ4v) is 2.26. The van der Waals surface area contributed by atoms with Crippen LogP contribution in [-0.4, -0.2) is 17.3 Å². The van der Waals surface area contributed by atoms with Crippen molar-refractivity contribution >= 4 is 0 Å². The van der Waals surface area contributed by atoms with Crippen LogP contribution >= 0.6 is 0 Å². The lowest BCUT2D eigenvalue weighted by Crippen LogP contribution is -2.39. The SMILES string of the molecule is CCC(O)(CC)CNCc1ccc(C2CC2)cc1. The Balaban J connectivity index is 1.79. The van der Waals surface area contributed by atoms with Gasteiger partial charge in [0, 0.05) is 13.1 Å². The summed E-state index contributed by atoms with van der Waals surface area (Å²) in [6, 6.07) is 8.91. The van der Waals surface area contributed by atoms with Gasteiger partial charge in [-0.3, -0.25) is 0 Å². The lowest BCUT2D eigenvalue weighted by Gasteiger charge is -2.25. The maximum Gasteiger partial charge on any atom is 0.0766 e. The van der Waals surface area contributed by atoms with Crippen LogP contribution in [0.4, 0.5) is 0 Å². The summed E-state index contributed by atoms with van der Waals surface area (Å²) in [5.74, 6) is 0.831. The fraction of sp³-hybridized carbons (Fsp3) is 0.625. The van der Waals surface area contributed by atoms with Gasteiger partial charge in [-0.05, 0) is 42.7 Å². The Morgan fingerprint density at radius 1 is 1.17 bits per heavy atom. The monoisotopic (exact) mass is 247 g/mol. The van der Waals surface area contributed by atoms with Gasteiger partial charge in [0.25, 0.3) is 0 Å². The fourth-order valence-electron chi connectivity index (χ4n) is 2.26. The van der Waals surface area contributed by atoms with Crippen LogP contribution in [0.3, 0.4) is 0 Å². The molecular formula is C16H25NO. The van der Waals surface area contributed by atoms with Crippen molar-refractivity contribution in [2.75, 3.05) is 6.54 Å². The Labute approximate surface area is 110 Å². The van der Waals surface area contributed by atoms with E-state index < -0.39 is 5.60 Å². The van der Waals surface area contributed by atoms with E-state index in [0.29, 0.717) is 6.54 Å². The van der Waals surface area contributed by atoms with Gasteiger partial charge < -0.3 is 10.4 Å². The molecule has 1 aliphatic rings. The quantitative estimate of drug-likeness (QED) is 0.775. The molecule has 1 aromatic rings. The van der Waals surface area contributed by atoms with E-state index in [1.165, 1.54) is 24.0 Å². The molecule has 2 heteroatoms. The third-order valence-corrected chi connectivity index (χ3v) is 4.13. The third kappa shape index (κ3) is 3.56. The van der Waals surface area contributed by atoms with Gasteiger partial charge in [0.2, 0.25) is 0 Å². The van der Waals surface area contributed by atoms with Crippen molar-refractivity contribution in [2.24, 2.45) is 0 Å². The molecule has 0 spiro atoms. The first-order valence-electron chi connectivity index (χ1n) is 7.19. The van der Waals surface area contributed by atoms with Crippen LogP contribution in [-0.2, 0) is 6.54 Å². The number of benzene rings is 1. The van der Waals surface area contributed by atoms with Crippen molar-refractivity contribution in [3.05, 3.63) is 35.4 Å². The number of rotatable bonds is 7.